The SMILES string of the molecule is COc1cc(F)c(C(O)CC(C)(C)C(=O)O)cc1OC. The van der Waals surface area contributed by atoms with Gasteiger partial charge in [0.15, 0.2) is 11.5 Å². The third-order valence-electron chi connectivity index (χ3n) is 3.14. The van der Waals surface area contributed by atoms with Gasteiger partial charge in [-0.15, -0.1) is 0 Å². The second kappa shape index (κ2) is 6.09. The molecule has 0 aromatic heterocycles. The quantitative estimate of drug-likeness (QED) is 0.839. The third kappa shape index (κ3) is 3.39. The van der Waals surface area contributed by atoms with E-state index in [1.165, 1.54) is 34.1 Å². The summed E-state index contributed by atoms with van der Waals surface area (Å²) in [6.07, 6.45) is -1.37. The Morgan fingerprint density at radius 2 is 1.80 bits per heavy atom. The van der Waals surface area contributed by atoms with Crippen molar-refractivity contribution in [2.24, 2.45) is 5.41 Å². The van der Waals surface area contributed by atoms with E-state index in [4.69, 9.17) is 14.6 Å². The van der Waals surface area contributed by atoms with Gasteiger partial charge >= 0.3 is 5.97 Å². The van der Waals surface area contributed by atoms with Crippen molar-refractivity contribution in [2.45, 2.75) is 26.4 Å². The Kier molecular flexibility index (Phi) is 4.94. The summed E-state index contributed by atoms with van der Waals surface area (Å²) in [5.74, 6) is -1.25. The first-order valence-electron chi connectivity index (χ1n) is 6.05. The largest absolute Gasteiger partial charge is 0.493 e. The van der Waals surface area contributed by atoms with Crippen LogP contribution in [0.2, 0.25) is 0 Å². The number of hydrogen-bond acceptors (Lipinski definition) is 4. The summed E-state index contributed by atoms with van der Waals surface area (Å²) in [5.41, 5.74) is -1.18. The van der Waals surface area contributed by atoms with Gasteiger partial charge in [0.25, 0.3) is 0 Å². The third-order valence-corrected chi connectivity index (χ3v) is 3.14. The molecule has 1 aromatic rings. The predicted molar refractivity (Wildman–Crippen MR) is 70.5 cm³/mol. The molecule has 0 saturated carbocycles. The Morgan fingerprint density at radius 3 is 2.25 bits per heavy atom. The van der Waals surface area contributed by atoms with E-state index in [9.17, 15) is 14.3 Å². The van der Waals surface area contributed by atoms with Crippen LogP contribution in [0.25, 0.3) is 0 Å². The number of aliphatic hydroxyl groups is 1. The summed E-state index contributed by atoms with van der Waals surface area (Å²) in [6.45, 7) is 2.94. The number of aliphatic hydroxyl groups excluding tert-OH is 1. The maximum Gasteiger partial charge on any atom is 0.309 e. The number of ether oxygens (including phenoxy) is 2. The highest BCUT2D eigenvalue weighted by molar-refractivity contribution is 5.73. The number of methoxy groups -OCH3 is 2. The number of carbonyl (C=O) groups is 1. The Labute approximate surface area is 116 Å². The van der Waals surface area contributed by atoms with Gasteiger partial charge in [0, 0.05) is 11.6 Å². The van der Waals surface area contributed by atoms with E-state index in [0.717, 1.165) is 6.07 Å². The molecule has 0 radical (unpaired) electrons. The second-order valence-electron chi connectivity index (χ2n) is 5.14. The van der Waals surface area contributed by atoms with E-state index < -0.39 is 23.3 Å². The summed E-state index contributed by atoms with van der Waals surface area (Å²) in [5, 5.41) is 19.1. The topological polar surface area (TPSA) is 76.0 Å². The molecule has 20 heavy (non-hydrogen) atoms. The molecule has 1 unspecified atom stereocenters. The van der Waals surface area contributed by atoms with Crippen LogP contribution in [-0.4, -0.2) is 30.4 Å². The first-order chi connectivity index (χ1) is 9.22. The Bertz CT molecular complexity index is 499. The number of carboxylic acid groups (broad SMARTS) is 1. The van der Waals surface area contributed by atoms with Crippen molar-refractivity contribution >= 4 is 5.97 Å². The van der Waals surface area contributed by atoms with Gasteiger partial charge in [-0.1, -0.05) is 0 Å². The standard InChI is InChI=1S/C14H19FO5/c1-14(2,13(17)18)7-10(16)8-5-11(19-3)12(20-4)6-9(8)15/h5-6,10,16H,7H2,1-4H3,(H,17,18). The normalized spacial score (nSPS) is 12.9. The van der Waals surface area contributed by atoms with Crippen LogP contribution in [0.1, 0.15) is 31.9 Å². The van der Waals surface area contributed by atoms with Gasteiger partial charge in [0.2, 0.25) is 0 Å². The maximum absolute atomic E-state index is 13.9. The Hall–Kier alpha value is -1.82. The minimum Gasteiger partial charge on any atom is -0.493 e. The molecule has 0 amide bonds. The van der Waals surface area contributed by atoms with Crippen LogP contribution < -0.4 is 9.47 Å². The van der Waals surface area contributed by atoms with Gasteiger partial charge < -0.3 is 19.7 Å². The Morgan fingerprint density at radius 1 is 1.30 bits per heavy atom. The summed E-state index contributed by atoms with van der Waals surface area (Å²) in [6, 6.07) is 2.42. The van der Waals surface area contributed by atoms with Crippen LogP contribution in [0.15, 0.2) is 12.1 Å². The molecule has 0 fully saturated rings. The van der Waals surface area contributed by atoms with Gasteiger partial charge in [-0.25, -0.2) is 4.39 Å². The van der Waals surface area contributed by atoms with Crippen LogP contribution in [-0.2, 0) is 4.79 Å². The molecule has 5 nitrogen and oxygen atoms in total. The van der Waals surface area contributed by atoms with E-state index in [1.54, 1.807) is 0 Å². The molecule has 0 aliphatic rings. The predicted octanol–water partition coefficient (Wildman–Crippen LogP) is 2.38. The molecule has 0 aliphatic carbocycles. The highest BCUT2D eigenvalue weighted by atomic mass is 19.1. The zero-order valence-electron chi connectivity index (χ0n) is 11.9. The van der Waals surface area contributed by atoms with Gasteiger partial charge in [0.1, 0.15) is 5.82 Å². The smallest absolute Gasteiger partial charge is 0.309 e. The molecule has 2 N–H and O–H groups in total. The van der Waals surface area contributed by atoms with Gasteiger partial charge in [-0.2, -0.15) is 0 Å². The first-order valence-corrected chi connectivity index (χ1v) is 6.05. The number of benzene rings is 1. The molecule has 0 spiro atoms. The van der Waals surface area contributed by atoms with E-state index in [-0.39, 0.29) is 23.5 Å². The molecule has 1 atom stereocenters. The molecule has 0 saturated heterocycles. The van der Waals surface area contributed by atoms with Crippen LogP contribution >= 0.6 is 0 Å². The summed E-state index contributed by atoms with van der Waals surface area (Å²) in [7, 11) is 2.77. The first kappa shape index (κ1) is 16.2. The number of rotatable bonds is 6. The lowest BCUT2D eigenvalue weighted by molar-refractivity contribution is -0.148. The minimum atomic E-state index is -1.25. The second-order valence-corrected chi connectivity index (χ2v) is 5.14. The number of hydrogen-bond donors (Lipinski definition) is 2. The maximum atomic E-state index is 13.9. The van der Waals surface area contributed by atoms with Gasteiger partial charge in [0.05, 0.1) is 25.7 Å². The molecule has 0 bridgehead atoms. The molecular formula is C14H19FO5. The monoisotopic (exact) mass is 286 g/mol. The van der Waals surface area contributed by atoms with E-state index in [0.29, 0.717) is 0 Å². The number of aliphatic carboxylic acids is 1. The highest BCUT2D eigenvalue weighted by Crippen LogP contribution is 2.36. The fourth-order valence-electron chi connectivity index (χ4n) is 1.81. The molecular weight excluding hydrogens is 267 g/mol. The van der Waals surface area contributed by atoms with E-state index in [2.05, 4.69) is 0 Å². The molecule has 0 aliphatic heterocycles. The Balaban J connectivity index is 3.10. The van der Waals surface area contributed by atoms with Crippen molar-refractivity contribution in [2.75, 3.05) is 14.2 Å². The van der Waals surface area contributed by atoms with Crippen molar-refractivity contribution in [3.8, 4) is 11.5 Å². The van der Waals surface area contributed by atoms with Crippen molar-refractivity contribution in [3.05, 3.63) is 23.5 Å². The zero-order valence-corrected chi connectivity index (χ0v) is 11.9. The lowest BCUT2D eigenvalue weighted by Crippen LogP contribution is -2.26. The molecule has 1 rings (SSSR count). The molecule has 112 valence electrons. The van der Waals surface area contributed by atoms with Crippen LogP contribution in [0.4, 0.5) is 4.39 Å². The summed E-state index contributed by atoms with van der Waals surface area (Å²) < 4.78 is 23.9. The average molecular weight is 286 g/mol. The van der Waals surface area contributed by atoms with Crippen LogP contribution in [0.3, 0.4) is 0 Å². The number of carboxylic acids is 1. The van der Waals surface area contributed by atoms with Crippen molar-refractivity contribution in [3.63, 3.8) is 0 Å². The van der Waals surface area contributed by atoms with E-state index >= 15 is 0 Å². The van der Waals surface area contributed by atoms with Crippen molar-refractivity contribution < 1.29 is 28.9 Å². The zero-order chi connectivity index (χ0) is 15.5. The van der Waals surface area contributed by atoms with E-state index in [1.807, 2.05) is 0 Å². The molecule has 1 aromatic carbocycles. The summed E-state index contributed by atoms with van der Waals surface area (Å²) >= 11 is 0. The average Bonchev–Trinajstić information content (AvgIpc) is 2.37. The fourth-order valence-corrected chi connectivity index (χ4v) is 1.81. The van der Waals surface area contributed by atoms with Crippen LogP contribution in [0.5, 0.6) is 11.5 Å². The molecule has 6 heteroatoms. The lowest BCUT2D eigenvalue weighted by Gasteiger charge is -2.23. The molecule has 0 heterocycles. The summed E-state index contributed by atoms with van der Waals surface area (Å²) in [4.78, 5) is 11.0. The lowest BCUT2D eigenvalue weighted by atomic mass is 9.84. The van der Waals surface area contributed by atoms with Crippen molar-refractivity contribution in [1.29, 1.82) is 0 Å². The number of halogens is 1. The highest BCUT2D eigenvalue weighted by Gasteiger charge is 2.32. The van der Waals surface area contributed by atoms with Gasteiger partial charge in [-0.05, 0) is 26.3 Å². The fraction of sp³-hybridized carbons (Fsp3) is 0.500. The van der Waals surface area contributed by atoms with Crippen LogP contribution in [0, 0.1) is 11.2 Å². The minimum absolute atomic E-state index is 0.0167. The van der Waals surface area contributed by atoms with Crippen molar-refractivity contribution in [1.82, 2.24) is 0 Å². The van der Waals surface area contributed by atoms with Gasteiger partial charge in [-0.3, -0.25) is 4.79 Å².